The lowest BCUT2D eigenvalue weighted by atomic mass is 10.2. The number of nitrogens with zero attached hydrogens (tertiary/aromatic N) is 4. The molecule has 2 aliphatic rings. The van der Waals surface area contributed by atoms with Gasteiger partial charge in [0, 0.05) is 18.2 Å². The van der Waals surface area contributed by atoms with Crippen molar-refractivity contribution in [3.05, 3.63) is 41.5 Å². The second-order valence-corrected chi connectivity index (χ2v) is 7.64. The number of fused-ring (bicyclic) bond motifs is 1. The Hall–Kier alpha value is -2.81. The van der Waals surface area contributed by atoms with Crippen LogP contribution in [-0.2, 0) is 0 Å². The van der Waals surface area contributed by atoms with E-state index in [9.17, 15) is 9.18 Å². The molecule has 1 aliphatic carbocycles. The van der Waals surface area contributed by atoms with Crippen LogP contribution in [0, 0.1) is 5.82 Å². The average Bonchev–Trinajstić information content (AvgIpc) is 3.36. The van der Waals surface area contributed by atoms with E-state index in [0.717, 1.165) is 23.4 Å². The number of carbonyl (C=O) groups is 1. The van der Waals surface area contributed by atoms with E-state index in [1.807, 2.05) is 0 Å². The van der Waals surface area contributed by atoms with Crippen molar-refractivity contribution in [3.63, 3.8) is 0 Å². The third-order valence-electron chi connectivity index (χ3n) is 4.65. The normalized spacial score (nSPS) is 17.0. The lowest BCUT2D eigenvalue weighted by Crippen LogP contribution is -2.57. The Balaban J connectivity index is 1.19. The first-order valence-corrected chi connectivity index (χ1v) is 9.62. The summed E-state index contributed by atoms with van der Waals surface area (Å²) in [6.07, 6.45) is 3.69. The summed E-state index contributed by atoms with van der Waals surface area (Å²) in [5.41, 5.74) is 2.31. The number of urea groups is 1. The van der Waals surface area contributed by atoms with Gasteiger partial charge in [0.1, 0.15) is 34.8 Å². The summed E-state index contributed by atoms with van der Waals surface area (Å²) < 4.78 is 20.3. The van der Waals surface area contributed by atoms with Gasteiger partial charge >= 0.3 is 6.03 Å². The number of nitrogens with one attached hydrogen (secondary N) is 1. The van der Waals surface area contributed by atoms with E-state index < -0.39 is 0 Å². The smallest absolute Gasteiger partial charge is 0.323 e. The first-order valence-electron chi connectivity index (χ1n) is 8.74. The van der Waals surface area contributed by atoms with Gasteiger partial charge in [0.25, 0.3) is 0 Å². The topological polar surface area (TPSA) is 80.2 Å². The summed E-state index contributed by atoms with van der Waals surface area (Å²) in [5, 5.41) is 2.80. The average molecular weight is 385 g/mol. The highest BCUT2D eigenvalue weighted by atomic mass is 32.1. The highest BCUT2D eigenvalue weighted by molar-refractivity contribution is 7.16. The van der Waals surface area contributed by atoms with Crippen LogP contribution in [0.25, 0.3) is 10.2 Å². The van der Waals surface area contributed by atoms with Gasteiger partial charge in [0.2, 0.25) is 0 Å². The number of aromatic nitrogens is 3. The number of rotatable bonds is 4. The molecule has 0 unspecified atom stereocenters. The predicted octanol–water partition coefficient (Wildman–Crippen LogP) is 3.40. The van der Waals surface area contributed by atoms with Gasteiger partial charge in [-0.1, -0.05) is 0 Å². The van der Waals surface area contributed by atoms with Gasteiger partial charge < -0.3 is 9.64 Å². The molecule has 3 heterocycles. The molecule has 1 N–H and O–H groups in total. The zero-order chi connectivity index (χ0) is 18.4. The molecule has 3 aromatic rings. The third-order valence-corrected chi connectivity index (χ3v) is 5.42. The quantitative estimate of drug-likeness (QED) is 0.745. The van der Waals surface area contributed by atoms with E-state index in [4.69, 9.17) is 4.74 Å². The van der Waals surface area contributed by atoms with E-state index in [-0.39, 0.29) is 18.0 Å². The monoisotopic (exact) mass is 385 g/mol. The van der Waals surface area contributed by atoms with Crippen LogP contribution < -0.4 is 10.1 Å². The number of hydrogen-bond donors (Lipinski definition) is 1. The number of carbonyl (C=O) groups excluding carboxylic acids is 1. The molecule has 2 fully saturated rings. The summed E-state index contributed by atoms with van der Waals surface area (Å²) in [5.74, 6) is 1.79. The molecule has 0 spiro atoms. The van der Waals surface area contributed by atoms with Crippen molar-refractivity contribution < 1.29 is 13.9 Å². The van der Waals surface area contributed by atoms with Crippen molar-refractivity contribution in [2.75, 3.05) is 18.4 Å². The molecule has 0 radical (unpaired) electrons. The number of likely N-dealkylation sites (tertiary alicyclic amines) is 1. The molecule has 1 aliphatic heterocycles. The van der Waals surface area contributed by atoms with Gasteiger partial charge in [-0.15, -0.1) is 11.3 Å². The van der Waals surface area contributed by atoms with Crippen molar-refractivity contribution in [2.24, 2.45) is 0 Å². The second kappa shape index (κ2) is 6.41. The zero-order valence-corrected chi connectivity index (χ0v) is 15.1. The first kappa shape index (κ1) is 16.4. The Morgan fingerprint density at radius 3 is 2.96 bits per heavy atom. The number of hydrogen-bond acceptors (Lipinski definition) is 6. The Morgan fingerprint density at radius 1 is 1.30 bits per heavy atom. The molecule has 0 bridgehead atoms. The Kier molecular flexibility index (Phi) is 3.89. The number of ether oxygens (including phenoxy) is 1. The van der Waals surface area contributed by atoms with Gasteiger partial charge in [-0.05, 0) is 25.0 Å². The molecule has 2 aromatic heterocycles. The van der Waals surface area contributed by atoms with Crippen LogP contribution in [0.2, 0.25) is 0 Å². The molecule has 138 valence electrons. The lowest BCUT2D eigenvalue weighted by molar-refractivity contribution is 0.0500. The SMILES string of the molecule is O=C(Nc1ccnc(C2CC2)n1)N1CC(Oc2cc(F)cc3scnc23)C1. The van der Waals surface area contributed by atoms with Gasteiger partial charge in [0.05, 0.1) is 23.3 Å². The molecule has 2 amide bonds. The Labute approximate surface area is 158 Å². The number of thiazole rings is 1. The summed E-state index contributed by atoms with van der Waals surface area (Å²) >= 11 is 1.36. The van der Waals surface area contributed by atoms with Crippen LogP contribution >= 0.6 is 11.3 Å². The molecule has 9 heteroatoms. The molecule has 0 atom stereocenters. The number of halogens is 1. The maximum Gasteiger partial charge on any atom is 0.323 e. The van der Waals surface area contributed by atoms with E-state index in [2.05, 4.69) is 20.3 Å². The van der Waals surface area contributed by atoms with E-state index >= 15 is 0 Å². The lowest BCUT2D eigenvalue weighted by Gasteiger charge is -2.38. The van der Waals surface area contributed by atoms with Crippen molar-refractivity contribution in [1.29, 1.82) is 0 Å². The van der Waals surface area contributed by atoms with Gasteiger partial charge in [-0.3, -0.25) is 5.32 Å². The van der Waals surface area contributed by atoms with E-state index in [1.54, 1.807) is 22.7 Å². The van der Waals surface area contributed by atoms with Crippen LogP contribution in [0.3, 0.4) is 0 Å². The molecule has 1 saturated heterocycles. The minimum Gasteiger partial charge on any atom is -0.484 e. The zero-order valence-electron chi connectivity index (χ0n) is 14.3. The van der Waals surface area contributed by atoms with Crippen LogP contribution in [0.15, 0.2) is 29.9 Å². The standard InChI is InChI=1S/C18H16FN5O2S/c19-11-5-13(16-14(6-11)27-9-21-16)26-12-7-24(8-12)18(25)23-15-3-4-20-17(22-15)10-1-2-10/h3-6,9-10,12H,1-2,7-8H2,(H,20,22,23,25). The number of amides is 2. The fourth-order valence-electron chi connectivity index (χ4n) is 3.02. The molecule has 1 aromatic carbocycles. The van der Waals surface area contributed by atoms with Crippen LogP contribution in [0.5, 0.6) is 5.75 Å². The molecule has 7 nitrogen and oxygen atoms in total. The highest BCUT2D eigenvalue weighted by Crippen LogP contribution is 2.38. The molecular formula is C18H16FN5O2S. The van der Waals surface area contributed by atoms with Gasteiger partial charge in [0.15, 0.2) is 0 Å². The molecule has 27 heavy (non-hydrogen) atoms. The second-order valence-electron chi connectivity index (χ2n) is 6.75. The van der Waals surface area contributed by atoms with Crippen molar-refractivity contribution in [2.45, 2.75) is 24.9 Å². The maximum atomic E-state index is 13.7. The Bertz CT molecular complexity index is 1020. The summed E-state index contributed by atoms with van der Waals surface area (Å²) in [6.45, 7) is 0.850. The van der Waals surface area contributed by atoms with Gasteiger partial charge in [-0.2, -0.15) is 0 Å². The van der Waals surface area contributed by atoms with Crippen molar-refractivity contribution >= 4 is 33.4 Å². The van der Waals surface area contributed by atoms with Crippen molar-refractivity contribution in [1.82, 2.24) is 19.9 Å². The van der Waals surface area contributed by atoms with Crippen LogP contribution in [-0.4, -0.2) is 45.1 Å². The maximum absolute atomic E-state index is 13.7. The van der Waals surface area contributed by atoms with Crippen LogP contribution in [0.1, 0.15) is 24.6 Å². The third kappa shape index (κ3) is 3.30. The van der Waals surface area contributed by atoms with E-state index in [1.165, 1.54) is 23.5 Å². The fourth-order valence-corrected chi connectivity index (χ4v) is 3.74. The fraction of sp³-hybridized carbons (Fsp3) is 0.333. The Morgan fingerprint density at radius 2 is 2.15 bits per heavy atom. The largest absolute Gasteiger partial charge is 0.484 e. The summed E-state index contributed by atoms with van der Waals surface area (Å²) in [6, 6.07) is 4.24. The summed E-state index contributed by atoms with van der Waals surface area (Å²) in [4.78, 5) is 26.8. The molecule has 5 rings (SSSR count). The van der Waals surface area contributed by atoms with E-state index in [0.29, 0.717) is 36.1 Å². The van der Waals surface area contributed by atoms with Crippen molar-refractivity contribution in [3.8, 4) is 5.75 Å². The molecular weight excluding hydrogens is 369 g/mol. The van der Waals surface area contributed by atoms with Crippen LogP contribution in [0.4, 0.5) is 15.0 Å². The minimum atomic E-state index is -0.356. The highest BCUT2D eigenvalue weighted by Gasteiger charge is 2.33. The summed E-state index contributed by atoms with van der Waals surface area (Å²) in [7, 11) is 0. The number of benzene rings is 1. The van der Waals surface area contributed by atoms with Gasteiger partial charge in [-0.25, -0.2) is 24.1 Å². The predicted molar refractivity (Wildman–Crippen MR) is 98.6 cm³/mol. The number of anilines is 1. The first-order chi connectivity index (χ1) is 13.2. The molecule has 1 saturated carbocycles. The minimum absolute atomic E-state index is 0.185.